The third kappa shape index (κ3) is 6.91. The molecule has 3 aromatic heterocycles. The normalized spacial score (nSPS) is 12.9. The molecule has 1 saturated heterocycles. The summed E-state index contributed by atoms with van der Waals surface area (Å²) in [4.78, 5) is 43.9. The minimum atomic E-state index is -0.597. The molecule has 5 N–H and O–H groups in total. The maximum absolute atomic E-state index is 14.3. The summed E-state index contributed by atoms with van der Waals surface area (Å²) in [5.41, 5.74) is 12.7. The van der Waals surface area contributed by atoms with Gasteiger partial charge in [-0.1, -0.05) is 39.7 Å². The van der Waals surface area contributed by atoms with Crippen molar-refractivity contribution in [3.05, 3.63) is 93.6 Å². The molecule has 1 aliphatic heterocycles. The van der Waals surface area contributed by atoms with Gasteiger partial charge < -0.3 is 14.7 Å². The number of nitrogens with one attached hydrogen (secondary N) is 4. The molecule has 0 spiro atoms. The Morgan fingerprint density at radius 2 is 1.70 bits per heavy atom. The van der Waals surface area contributed by atoms with Crippen LogP contribution in [0.25, 0.3) is 22.0 Å². The molecule has 16 heteroatoms. The lowest BCUT2D eigenvalue weighted by atomic mass is 10.0. The molecule has 1 fully saturated rings. The molecule has 46 heavy (non-hydrogen) atoms. The van der Waals surface area contributed by atoms with E-state index >= 15 is 0 Å². The lowest BCUT2D eigenvalue weighted by Gasteiger charge is -2.28. The summed E-state index contributed by atoms with van der Waals surface area (Å²) < 4.78 is 20.1. The number of phenolic OH excluding ortho intramolecular Hbond substituents is 1. The first kappa shape index (κ1) is 30.9. The Kier molecular flexibility index (Phi) is 9.05. The van der Waals surface area contributed by atoms with Crippen molar-refractivity contribution in [3.63, 3.8) is 0 Å². The maximum Gasteiger partial charge on any atom is 0.288 e. The Morgan fingerprint density at radius 1 is 0.913 bits per heavy atom. The van der Waals surface area contributed by atoms with Gasteiger partial charge in [-0.15, -0.1) is 0 Å². The highest BCUT2D eigenvalue weighted by molar-refractivity contribution is 9.10. The van der Waals surface area contributed by atoms with Crippen molar-refractivity contribution in [1.82, 2.24) is 30.8 Å². The number of fused-ring (bicyclic) bond motifs is 1. The zero-order chi connectivity index (χ0) is 32.2. The van der Waals surface area contributed by atoms with Crippen molar-refractivity contribution in [1.29, 1.82) is 0 Å². The summed E-state index contributed by atoms with van der Waals surface area (Å²) in [6.45, 7) is 1.94. The molecule has 0 radical (unpaired) electrons. The summed E-state index contributed by atoms with van der Waals surface area (Å²) in [6.07, 6.45) is 2.62. The van der Waals surface area contributed by atoms with E-state index in [1.54, 1.807) is 29.3 Å². The van der Waals surface area contributed by atoms with Gasteiger partial charge in [0.15, 0.2) is 11.6 Å². The van der Waals surface area contributed by atoms with E-state index < -0.39 is 17.6 Å². The van der Waals surface area contributed by atoms with E-state index in [0.29, 0.717) is 42.1 Å². The van der Waals surface area contributed by atoms with Crippen LogP contribution in [0.4, 0.5) is 22.0 Å². The van der Waals surface area contributed by atoms with E-state index in [0.717, 1.165) is 22.7 Å². The Labute approximate surface area is 274 Å². The lowest BCUT2D eigenvalue weighted by molar-refractivity contribution is 0.0950. The lowest BCUT2D eigenvalue weighted by Crippen LogP contribution is -2.38. The van der Waals surface area contributed by atoms with Crippen LogP contribution in [-0.2, 0) is 4.74 Å². The van der Waals surface area contributed by atoms with Crippen LogP contribution in [0.1, 0.15) is 20.8 Å². The molecule has 1 aliphatic rings. The zero-order valence-corrected chi connectivity index (χ0v) is 26.1. The summed E-state index contributed by atoms with van der Waals surface area (Å²) in [5, 5.41) is 11.0. The largest absolute Gasteiger partial charge is 0.506 e. The molecule has 6 rings (SSSR count). The molecule has 5 aromatic rings. The monoisotopic (exact) mass is 707 g/mol. The molecule has 234 valence electrons. The number of aromatic nitrogens is 4. The van der Waals surface area contributed by atoms with Crippen LogP contribution in [0, 0.1) is 5.82 Å². The quantitative estimate of drug-likeness (QED) is 0.142. The summed E-state index contributed by atoms with van der Waals surface area (Å²) in [7, 11) is 0. The number of phenols is 1. The number of nitrogens with zero attached hydrogens (tertiary/aromatic N) is 5. The molecule has 2 aromatic carbocycles. The number of halogens is 3. The highest BCUT2D eigenvalue weighted by Crippen LogP contribution is 2.31. The van der Waals surface area contributed by atoms with Crippen LogP contribution >= 0.6 is 27.5 Å². The molecule has 0 atom stereocenters. The number of amides is 2. The number of rotatable bonds is 8. The minimum Gasteiger partial charge on any atom is -0.506 e. The summed E-state index contributed by atoms with van der Waals surface area (Å²) >= 11 is 9.20. The van der Waals surface area contributed by atoms with Crippen molar-refractivity contribution in [2.24, 2.45) is 0 Å². The number of hydrogen-bond acceptors (Lipinski definition) is 11. The van der Waals surface area contributed by atoms with Crippen LogP contribution < -0.4 is 26.6 Å². The fourth-order valence-electron chi connectivity index (χ4n) is 4.59. The summed E-state index contributed by atoms with van der Waals surface area (Å²) in [5.74, 6) is -1.48. The van der Waals surface area contributed by atoms with E-state index in [9.17, 15) is 19.1 Å². The fraction of sp³-hybridized carbons (Fsp3) is 0.133. The van der Waals surface area contributed by atoms with Crippen molar-refractivity contribution >= 4 is 67.8 Å². The Morgan fingerprint density at radius 3 is 2.48 bits per heavy atom. The number of carbonyl (C=O) groups excluding carboxylic acids is 2. The number of ether oxygens (including phenoxy) is 1. The molecule has 4 heterocycles. The third-order valence-corrected chi connectivity index (χ3v) is 7.67. The molecular weight excluding hydrogens is 685 g/mol. The molecule has 0 bridgehead atoms. The SMILES string of the molecule is O=C(NNc1ncc(F)c(N2CCOCC2)n1)c1ccc(-c2ccc3nc(NNC(=O)c4cc(Br)cc(Cl)c4O)ccc3c2)cn1. The van der Waals surface area contributed by atoms with Gasteiger partial charge in [-0.25, -0.2) is 14.4 Å². The maximum atomic E-state index is 14.3. The highest BCUT2D eigenvalue weighted by Gasteiger charge is 2.19. The average Bonchev–Trinajstić information content (AvgIpc) is 3.08. The van der Waals surface area contributed by atoms with Crippen molar-refractivity contribution in [2.75, 3.05) is 42.1 Å². The first-order valence-corrected chi connectivity index (χ1v) is 15.0. The Bertz CT molecular complexity index is 1950. The van der Waals surface area contributed by atoms with E-state index in [-0.39, 0.29) is 33.8 Å². The van der Waals surface area contributed by atoms with Crippen LogP contribution in [-0.4, -0.2) is 63.2 Å². The average molecular weight is 709 g/mol. The van der Waals surface area contributed by atoms with E-state index in [1.807, 2.05) is 24.3 Å². The predicted molar refractivity (Wildman–Crippen MR) is 173 cm³/mol. The number of aromatic hydroxyl groups is 1. The van der Waals surface area contributed by atoms with Crippen LogP contribution in [0.3, 0.4) is 0 Å². The molecule has 0 saturated carbocycles. The number of morpholine rings is 1. The fourth-order valence-corrected chi connectivity index (χ4v) is 5.40. The number of hydrogen-bond donors (Lipinski definition) is 5. The number of pyridine rings is 2. The van der Waals surface area contributed by atoms with Gasteiger partial charge in [-0.2, -0.15) is 4.98 Å². The first-order valence-electron chi connectivity index (χ1n) is 13.8. The van der Waals surface area contributed by atoms with Crippen molar-refractivity contribution in [2.45, 2.75) is 0 Å². The second-order valence-electron chi connectivity index (χ2n) is 9.94. The first-order chi connectivity index (χ1) is 22.2. The molecule has 0 unspecified atom stereocenters. The smallest absolute Gasteiger partial charge is 0.288 e. The second kappa shape index (κ2) is 13.5. The predicted octanol–water partition coefficient (Wildman–Crippen LogP) is 4.70. The van der Waals surface area contributed by atoms with Gasteiger partial charge in [-0.3, -0.25) is 36.3 Å². The van der Waals surface area contributed by atoms with E-state index in [4.69, 9.17) is 16.3 Å². The van der Waals surface area contributed by atoms with Gasteiger partial charge in [0.05, 0.1) is 35.5 Å². The van der Waals surface area contributed by atoms with E-state index in [1.165, 1.54) is 12.1 Å². The minimum absolute atomic E-state index is 0.00866. The van der Waals surface area contributed by atoms with Gasteiger partial charge in [0.1, 0.15) is 17.3 Å². The van der Waals surface area contributed by atoms with Crippen molar-refractivity contribution in [3.8, 4) is 16.9 Å². The molecule has 0 aliphatic carbocycles. The zero-order valence-electron chi connectivity index (χ0n) is 23.7. The van der Waals surface area contributed by atoms with Crippen molar-refractivity contribution < 1.29 is 23.8 Å². The number of benzene rings is 2. The van der Waals surface area contributed by atoms with Crippen LogP contribution in [0.5, 0.6) is 5.75 Å². The highest BCUT2D eigenvalue weighted by atomic mass is 79.9. The molecule has 13 nitrogen and oxygen atoms in total. The van der Waals surface area contributed by atoms with Gasteiger partial charge >= 0.3 is 0 Å². The van der Waals surface area contributed by atoms with Gasteiger partial charge in [-0.05, 0) is 48.0 Å². The number of carbonyl (C=O) groups is 2. The number of hydrazine groups is 2. The Balaban J connectivity index is 1.07. The van der Waals surface area contributed by atoms with Crippen LogP contribution in [0.2, 0.25) is 5.02 Å². The second-order valence-corrected chi connectivity index (χ2v) is 11.3. The summed E-state index contributed by atoms with van der Waals surface area (Å²) in [6, 6.07) is 15.4. The standard InChI is InChI=1S/C30H24BrClFN9O4/c31-19-12-20(26(43)21(32)13-19)28(44)39-38-25-6-3-17-11-16(1-4-23(17)36-25)18-2-5-24(34-14-18)29(45)40-41-30-35-15-22(33)27(37-30)42-7-9-46-10-8-42/h1-6,11-15,43H,7-10H2,(H,36,38)(H,39,44)(H,40,45)(H,35,37,41). The van der Waals surface area contributed by atoms with Crippen LogP contribution in [0.15, 0.2) is 71.5 Å². The molecular formula is C30H24BrClFN9O4. The third-order valence-electron chi connectivity index (χ3n) is 6.92. The Hall–Kier alpha value is -5.12. The van der Waals surface area contributed by atoms with Gasteiger partial charge in [0, 0.05) is 34.7 Å². The van der Waals surface area contributed by atoms with E-state index in [2.05, 4.69) is 57.6 Å². The number of anilines is 3. The molecule has 2 amide bonds. The van der Waals surface area contributed by atoms with Gasteiger partial charge in [0.2, 0.25) is 5.95 Å². The topological polar surface area (TPSA) is 167 Å². The van der Waals surface area contributed by atoms with Gasteiger partial charge in [0.25, 0.3) is 11.8 Å².